The molecule has 3 unspecified atom stereocenters. The van der Waals surface area contributed by atoms with Gasteiger partial charge in [-0.3, -0.25) is 0 Å². The quantitative estimate of drug-likeness (QED) is 0.704. The molecule has 0 aliphatic carbocycles. The maximum atomic E-state index is 11.3. The van der Waals surface area contributed by atoms with Crippen molar-refractivity contribution in [3.63, 3.8) is 0 Å². The van der Waals surface area contributed by atoms with E-state index in [1.54, 1.807) is 0 Å². The lowest BCUT2D eigenvalue weighted by molar-refractivity contribution is 0.127. The van der Waals surface area contributed by atoms with Crippen LogP contribution in [0.15, 0.2) is 24.3 Å². The van der Waals surface area contributed by atoms with Crippen LogP contribution in [0.3, 0.4) is 0 Å². The molecule has 1 fully saturated rings. The highest BCUT2D eigenvalue weighted by Crippen LogP contribution is 2.45. The molecule has 2 heterocycles. The fourth-order valence-electron chi connectivity index (χ4n) is 3.22. The van der Waals surface area contributed by atoms with Gasteiger partial charge in [0.05, 0.1) is 18.7 Å². The molecule has 0 bridgehead atoms. The average molecular weight is 248 g/mol. The van der Waals surface area contributed by atoms with Gasteiger partial charge in [0.15, 0.2) is 0 Å². The minimum Gasteiger partial charge on any atom is -0.465 e. The molecule has 1 amide bonds. The molecule has 1 aromatic carbocycles. The van der Waals surface area contributed by atoms with Gasteiger partial charge in [-0.15, -0.1) is 0 Å². The van der Waals surface area contributed by atoms with Crippen molar-refractivity contribution in [2.24, 2.45) is 5.92 Å². The van der Waals surface area contributed by atoms with Crippen LogP contribution >= 0.6 is 0 Å². The van der Waals surface area contributed by atoms with E-state index in [2.05, 4.69) is 5.32 Å². The molecule has 0 saturated carbocycles. The molecular weight excluding hydrogens is 232 g/mol. The monoisotopic (exact) mass is 248 g/mol. The van der Waals surface area contributed by atoms with Gasteiger partial charge in [0.1, 0.15) is 0 Å². The summed E-state index contributed by atoms with van der Waals surface area (Å²) in [7, 11) is 0. The SMILES string of the molecule is O=C(O)N1CCC2C(CO)Nc3ccccc3C21. The lowest BCUT2D eigenvalue weighted by atomic mass is 9.83. The minimum atomic E-state index is -0.879. The number of aliphatic hydroxyl groups is 1. The summed E-state index contributed by atoms with van der Waals surface area (Å²) in [5, 5.41) is 22.0. The van der Waals surface area contributed by atoms with Gasteiger partial charge in [-0.05, 0) is 18.1 Å². The molecular formula is C13H16N2O3. The number of para-hydroxylation sites is 1. The minimum absolute atomic E-state index is 0.0307. The first-order chi connectivity index (χ1) is 8.72. The number of rotatable bonds is 1. The van der Waals surface area contributed by atoms with E-state index < -0.39 is 6.09 Å². The normalized spacial score (nSPS) is 29.4. The molecule has 2 aliphatic rings. The van der Waals surface area contributed by atoms with Gasteiger partial charge < -0.3 is 20.4 Å². The number of aliphatic hydroxyl groups excluding tert-OH is 1. The number of nitrogens with zero attached hydrogens (tertiary/aromatic N) is 1. The van der Waals surface area contributed by atoms with Crippen molar-refractivity contribution in [1.82, 2.24) is 4.90 Å². The highest BCUT2D eigenvalue weighted by Gasteiger charge is 2.45. The van der Waals surface area contributed by atoms with Gasteiger partial charge in [0.2, 0.25) is 0 Å². The second-order valence-corrected chi connectivity index (χ2v) is 4.89. The van der Waals surface area contributed by atoms with E-state index in [1.807, 2.05) is 24.3 Å². The average Bonchev–Trinajstić information content (AvgIpc) is 2.83. The van der Waals surface area contributed by atoms with Crippen molar-refractivity contribution in [1.29, 1.82) is 0 Å². The largest absolute Gasteiger partial charge is 0.465 e. The molecule has 5 nitrogen and oxygen atoms in total. The second kappa shape index (κ2) is 4.17. The molecule has 3 atom stereocenters. The maximum Gasteiger partial charge on any atom is 0.407 e. The highest BCUT2D eigenvalue weighted by molar-refractivity contribution is 5.68. The summed E-state index contributed by atoms with van der Waals surface area (Å²) in [6, 6.07) is 7.56. The van der Waals surface area contributed by atoms with Crippen molar-refractivity contribution in [2.75, 3.05) is 18.5 Å². The third kappa shape index (κ3) is 1.54. The summed E-state index contributed by atoms with van der Waals surface area (Å²) in [6.07, 6.45) is -0.0836. The fourth-order valence-corrected chi connectivity index (χ4v) is 3.22. The summed E-state index contributed by atoms with van der Waals surface area (Å²) in [5.41, 5.74) is 1.96. The lowest BCUT2D eigenvalue weighted by Gasteiger charge is -2.38. The number of fused-ring (bicyclic) bond motifs is 3. The van der Waals surface area contributed by atoms with Crippen molar-refractivity contribution in [2.45, 2.75) is 18.5 Å². The first kappa shape index (κ1) is 11.3. The van der Waals surface area contributed by atoms with Crippen molar-refractivity contribution >= 4 is 11.8 Å². The van der Waals surface area contributed by atoms with Gasteiger partial charge in [0.25, 0.3) is 0 Å². The Labute approximate surface area is 105 Å². The van der Waals surface area contributed by atoms with Crippen LogP contribution in [0, 0.1) is 5.92 Å². The zero-order valence-corrected chi connectivity index (χ0v) is 9.91. The maximum absolute atomic E-state index is 11.3. The number of likely N-dealkylation sites (tertiary alicyclic amines) is 1. The van der Waals surface area contributed by atoms with Gasteiger partial charge in [-0.1, -0.05) is 18.2 Å². The predicted molar refractivity (Wildman–Crippen MR) is 66.5 cm³/mol. The number of benzene rings is 1. The first-order valence-electron chi connectivity index (χ1n) is 6.18. The number of hydrogen-bond acceptors (Lipinski definition) is 3. The van der Waals surface area contributed by atoms with E-state index >= 15 is 0 Å². The van der Waals surface area contributed by atoms with E-state index in [-0.39, 0.29) is 24.6 Å². The molecule has 1 saturated heterocycles. The molecule has 0 aromatic heterocycles. The first-order valence-corrected chi connectivity index (χ1v) is 6.18. The van der Waals surface area contributed by atoms with Crippen LogP contribution in [0.5, 0.6) is 0 Å². The van der Waals surface area contributed by atoms with Crippen molar-refractivity contribution < 1.29 is 15.0 Å². The van der Waals surface area contributed by atoms with E-state index in [9.17, 15) is 15.0 Å². The fraction of sp³-hybridized carbons (Fsp3) is 0.462. The Kier molecular flexibility index (Phi) is 2.63. The Bertz CT molecular complexity index is 477. The van der Waals surface area contributed by atoms with Gasteiger partial charge >= 0.3 is 6.09 Å². The van der Waals surface area contributed by atoms with Crippen LogP contribution < -0.4 is 5.32 Å². The molecule has 3 rings (SSSR count). The Morgan fingerprint density at radius 2 is 2.22 bits per heavy atom. The number of amides is 1. The van der Waals surface area contributed by atoms with Crippen LogP contribution in [0.2, 0.25) is 0 Å². The van der Waals surface area contributed by atoms with Crippen LogP contribution in [-0.2, 0) is 0 Å². The number of anilines is 1. The third-order valence-corrected chi connectivity index (χ3v) is 4.02. The lowest BCUT2D eigenvalue weighted by Crippen LogP contribution is -2.42. The zero-order valence-electron chi connectivity index (χ0n) is 9.91. The Balaban J connectivity index is 2.05. The second-order valence-electron chi connectivity index (χ2n) is 4.89. The summed E-state index contributed by atoms with van der Waals surface area (Å²) in [5.74, 6) is 0.154. The zero-order chi connectivity index (χ0) is 12.7. The number of hydrogen-bond donors (Lipinski definition) is 3. The van der Waals surface area contributed by atoms with E-state index in [0.717, 1.165) is 17.7 Å². The Morgan fingerprint density at radius 1 is 1.44 bits per heavy atom. The summed E-state index contributed by atoms with van der Waals surface area (Å²) in [4.78, 5) is 12.8. The van der Waals surface area contributed by atoms with E-state index in [1.165, 1.54) is 4.90 Å². The van der Waals surface area contributed by atoms with Crippen molar-refractivity contribution in [3.05, 3.63) is 29.8 Å². The van der Waals surface area contributed by atoms with Crippen LogP contribution in [0.1, 0.15) is 18.0 Å². The smallest absolute Gasteiger partial charge is 0.407 e. The third-order valence-electron chi connectivity index (χ3n) is 4.02. The molecule has 0 radical (unpaired) electrons. The topological polar surface area (TPSA) is 72.8 Å². The van der Waals surface area contributed by atoms with E-state index in [4.69, 9.17) is 0 Å². The molecule has 3 N–H and O–H groups in total. The van der Waals surface area contributed by atoms with Crippen LogP contribution in [0.4, 0.5) is 10.5 Å². The highest BCUT2D eigenvalue weighted by atomic mass is 16.4. The molecule has 0 spiro atoms. The van der Waals surface area contributed by atoms with Gasteiger partial charge in [-0.25, -0.2) is 4.79 Å². The van der Waals surface area contributed by atoms with Crippen molar-refractivity contribution in [3.8, 4) is 0 Å². The standard InChI is InChI=1S/C13H16N2O3/c16-7-11-9-5-6-15(13(17)18)12(9)8-3-1-2-4-10(8)14-11/h1-4,9,11-12,14,16H,5-7H2,(H,17,18). The number of carboxylic acid groups (broad SMARTS) is 1. The number of nitrogens with one attached hydrogen (secondary N) is 1. The molecule has 18 heavy (non-hydrogen) atoms. The van der Waals surface area contributed by atoms with Gasteiger partial charge in [0, 0.05) is 18.2 Å². The van der Waals surface area contributed by atoms with Crippen LogP contribution in [-0.4, -0.2) is 40.4 Å². The Hall–Kier alpha value is -1.75. The Morgan fingerprint density at radius 3 is 2.94 bits per heavy atom. The summed E-state index contributed by atoms with van der Waals surface area (Å²) >= 11 is 0. The molecule has 1 aromatic rings. The molecule has 96 valence electrons. The molecule has 5 heteroatoms. The predicted octanol–water partition coefficient (Wildman–Crippen LogP) is 1.51. The number of carbonyl (C=O) groups is 1. The molecule has 2 aliphatic heterocycles. The summed E-state index contributed by atoms with van der Waals surface area (Å²) in [6.45, 7) is 0.570. The summed E-state index contributed by atoms with van der Waals surface area (Å²) < 4.78 is 0. The van der Waals surface area contributed by atoms with Gasteiger partial charge in [-0.2, -0.15) is 0 Å². The van der Waals surface area contributed by atoms with E-state index in [0.29, 0.717) is 6.54 Å². The van der Waals surface area contributed by atoms with Crippen LogP contribution in [0.25, 0.3) is 0 Å².